The van der Waals surface area contributed by atoms with Crippen molar-refractivity contribution in [1.29, 1.82) is 0 Å². The van der Waals surface area contributed by atoms with Crippen molar-refractivity contribution in [2.45, 2.75) is 13.0 Å². The first-order chi connectivity index (χ1) is 9.70. The van der Waals surface area contributed by atoms with Crippen molar-refractivity contribution in [3.63, 3.8) is 0 Å². The van der Waals surface area contributed by atoms with Crippen LogP contribution in [0.3, 0.4) is 0 Å². The van der Waals surface area contributed by atoms with Crippen LogP contribution in [0.25, 0.3) is 0 Å². The first-order valence-electron chi connectivity index (χ1n) is 6.61. The molecular formula is C14H18ClNO4. The Labute approximate surface area is 123 Å². The number of para-hydroxylation sites is 2. The summed E-state index contributed by atoms with van der Waals surface area (Å²) in [6.07, 6.45) is -0.180. The molecule has 1 amide bonds. The molecule has 6 heteroatoms. The maximum Gasteiger partial charge on any atom is 0.316 e. The number of ether oxygens (including phenoxy) is 3. The van der Waals surface area contributed by atoms with Crippen LogP contribution in [-0.4, -0.2) is 49.3 Å². The lowest BCUT2D eigenvalue weighted by molar-refractivity contribution is -0.0328. The van der Waals surface area contributed by atoms with Crippen LogP contribution in [0.15, 0.2) is 24.3 Å². The van der Waals surface area contributed by atoms with E-state index >= 15 is 0 Å². The number of benzene rings is 1. The van der Waals surface area contributed by atoms with Crippen LogP contribution in [-0.2, 0) is 4.74 Å². The molecule has 0 bridgehead atoms. The second-order valence-electron chi connectivity index (χ2n) is 4.38. The van der Waals surface area contributed by atoms with Crippen molar-refractivity contribution in [1.82, 2.24) is 4.90 Å². The van der Waals surface area contributed by atoms with E-state index in [1.807, 2.05) is 31.2 Å². The normalized spacial score (nSPS) is 18.7. The first kappa shape index (κ1) is 14.9. The highest BCUT2D eigenvalue weighted by Gasteiger charge is 2.23. The first-order valence-corrected chi connectivity index (χ1v) is 6.99. The zero-order valence-electron chi connectivity index (χ0n) is 11.4. The molecule has 0 aromatic heterocycles. The van der Waals surface area contributed by atoms with Gasteiger partial charge in [-0.3, -0.25) is 4.79 Å². The molecule has 0 N–H and O–H groups in total. The van der Waals surface area contributed by atoms with E-state index in [1.165, 1.54) is 0 Å². The summed E-state index contributed by atoms with van der Waals surface area (Å²) < 4.78 is 16.8. The molecule has 0 radical (unpaired) electrons. The smallest absolute Gasteiger partial charge is 0.316 e. The van der Waals surface area contributed by atoms with E-state index in [4.69, 9.17) is 25.8 Å². The quantitative estimate of drug-likeness (QED) is 0.619. The minimum atomic E-state index is -0.451. The van der Waals surface area contributed by atoms with Gasteiger partial charge in [0.05, 0.1) is 19.8 Å². The molecule has 0 spiro atoms. The molecule has 0 aliphatic carbocycles. The fourth-order valence-corrected chi connectivity index (χ4v) is 2.16. The van der Waals surface area contributed by atoms with E-state index in [9.17, 15) is 4.79 Å². The van der Waals surface area contributed by atoms with E-state index < -0.39 is 5.37 Å². The standard InChI is InChI=1S/C14H18ClNO4/c1-2-18-12-5-3-4-6-13(12)20-10-11-9-16(14(15)17)7-8-19-11/h3-6,11H,2,7-10H2,1H3. The van der Waals surface area contributed by atoms with E-state index in [1.54, 1.807) is 4.90 Å². The Morgan fingerprint density at radius 1 is 1.40 bits per heavy atom. The number of morpholine rings is 1. The average Bonchev–Trinajstić information content (AvgIpc) is 2.47. The second-order valence-corrected chi connectivity index (χ2v) is 4.71. The summed E-state index contributed by atoms with van der Waals surface area (Å²) in [5.74, 6) is 1.38. The van der Waals surface area contributed by atoms with Crippen molar-refractivity contribution in [2.24, 2.45) is 0 Å². The summed E-state index contributed by atoms with van der Waals surface area (Å²) in [6.45, 7) is 4.29. The van der Waals surface area contributed by atoms with E-state index in [0.29, 0.717) is 44.4 Å². The van der Waals surface area contributed by atoms with Crippen molar-refractivity contribution >= 4 is 17.0 Å². The SMILES string of the molecule is CCOc1ccccc1OCC1CN(C(=O)Cl)CCO1. The molecule has 1 aliphatic heterocycles. The number of nitrogens with zero attached hydrogens (tertiary/aromatic N) is 1. The van der Waals surface area contributed by atoms with Gasteiger partial charge < -0.3 is 19.1 Å². The van der Waals surface area contributed by atoms with Crippen molar-refractivity contribution in [3.8, 4) is 11.5 Å². The Bertz CT molecular complexity index is 455. The third-order valence-corrected chi connectivity index (χ3v) is 3.20. The molecule has 1 aromatic carbocycles. The number of carbonyl (C=O) groups excluding carboxylic acids is 1. The zero-order valence-corrected chi connectivity index (χ0v) is 12.1. The molecule has 1 aliphatic rings. The summed E-state index contributed by atoms with van der Waals surface area (Å²) in [5.41, 5.74) is 0. The van der Waals surface area contributed by atoms with Crippen LogP contribution in [0.1, 0.15) is 6.92 Å². The summed E-state index contributed by atoms with van der Waals surface area (Å²) in [6, 6.07) is 7.48. The largest absolute Gasteiger partial charge is 0.490 e. The number of hydrogen-bond donors (Lipinski definition) is 0. The maximum atomic E-state index is 11.1. The summed E-state index contributed by atoms with van der Waals surface area (Å²) in [4.78, 5) is 12.7. The van der Waals surface area contributed by atoms with Gasteiger partial charge in [0.25, 0.3) is 0 Å². The third kappa shape index (κ3) is 4.02. The van der Waals surface area contributed by atoms with Gasteiger partial charge in [0.2, 0.25) is 0 Å². The number of rotatable bonds is 5. The van der Waals surface area contributed by atoms with Gasteiger partial charge in [0.15, 0.2) is 11.5 Å². The summed E-state index contributed by atoms with van der Waals surface area (Å²) in [7, 11) is 0. The minimum absolute atomic E-state index is 0.180. The number of hydrogen-bond acceptors (Lipinski definition) is 4. The molecule has 110 valence electrons. The fraction of sp³-hybridized carbons (Fsp3) is 0.500. The molecule has 1 atom stereocenters. The fourth-order valence-electron chi connectivity index (χ4n) is 2.01. The minimum Gasteiger partial charge on any atom is -0.490 e. The number of halogens is 1. The van der Waals surface area contributed by atoms with Gasteiger partial charge in [-0.2, -0.15) is 0 Å². The zero-order chi connectivity index (χ0) is 14.4. The Kier molecular flexibility index (Phi) is 5.49. The van der Waals surface area contributed by atoms with Crippen LogP contribution in [0, 0.1) is 0 Å². The lowest BCUT2D eigenvalue weighted by Gasteiger charge is -2.31. The molecule has 1 fully saturated rings. The molecule has 1 aromatic rings. The van der Waals surface area contributed by atoms with Gasteiger partial charge in [-0.1, -0.05) is 12.1 Å². The van der Waals surface area contributed by atoms with Gasteiger partial charge in [-0.05, 0) is 30.7 Å². The van der Waals surface area contributed by atoms with Gasteiger partial charge in [0, 0.05) is 6.54 Å². The predicted octanol–water partition coefficient (Wildman–Crippen LogP) is 2.52. The Balaban J connectivity index is 1.90. The predicted molar refractivity (Wildman–Crippen MR) is 75.7 cm³/mol. The third-order valence-electron chi connectivity index (χ3n) is 2.96. The average molecular weight is 300 g/mol. The molecule has 20 heavy (non-hydrogen) atoms. The highest BCUT2D eigenvalue weighted by atomic mass is 35.5. The van der Waals surface area contributed by atoms with Gasteiger partial charge in [-0.25, -0.2) is 0 Å². The van der Waals surface area contributed by atoms with Crippen molar-refractivity contribution < 1.29 is 19.0 Å². The van der Waals surface area contributed by atoms with E-state index in [2.05, 4.69) is 0 Å². The van der Waals surface area contributed by atoms with Crippen LogP contribution in [0.2, 0.25) is 0 Å². The Morgan fingerprint density at radius 2 is 2.10 bits per heavy atom. The van der Waals surface area contributed by atoms with Crippen LogP contribution >= 0.6 is 11.6 Å². The summed E-state index contributed by atoms with van der Waals surface area (Å²) in [5, 5.41) is -0.451. The van der Waals surface area contributed by atoms with Gasteiger partial charge in [-0.15, -0.1) is 0 Å². The molecule has 1 saturated heterocycles. The lowest BCUT2D eigenvalue weighted by atomic mass is 10.3. The van der Waals surface area contributed by atoms with E-state index in [0.717, 1.165) is 0 Å². The van der Waals surface area contributed by atoms with Crippen molar-refractivity contribution in [3.05, 3.63) is 24.3 Å². The van der Waals surface area contributed by atoms with Crippen LogP contribution < -0.4 is 9.47 Å². The van der Waals surface area contributed by atoms with E-state index in [-0.39, 0.29) is 6.10 Å². The number of amides is 1. The maximum absolute atomic E-state index is 11.1. The van der Waals surface area contributed by atoms with Gasteiger partial charge >= 0.3 is 5.37 Å². The molecule has 1 unspecified atom stereocenters. The van der Waals surface area contributed by atoms with Crippen LogP contribution in [0.4, 0.5) is 4.79 Å². The lowest BCUT2D eigenvalue weighted by Crippen LogP contribution is -2.45. The Morgan fingerprint density at radius 3 is 2.75 bits per heavy atom. The highest BCUT2D eigenvalue weighted by Crippen LogP contribution is 2.26. The second kappa shape index (κ2) is 7.36. The van der Waals surface area contributed by atoms with Gasteiger partial charge in [0.1, 0.15) is 12.7 Å². The highest BCUT2D eigenvalue weighted by molar-refractivity contribution is 6.62. The topological polar surface area (TPSA) is 48.0 Å². The van der Waals surface area contributed by atoms with Crippen LogP contribution in [0.5, 0.6) is 11.5 Å². The molecule has 1 heterocycles. The molecular weight excluding hydrogens is 282 g/mol. The molecule has 0 saturated carbocycles. The molecule has 2 rings (SSSR count). The van der Waals surface area contributed by atoms with Crippen molar-refractivity contribution in [2.75, 3.05) is 32.9 Å². The summed E-state index contributed by atoms with van der Waals surface area (Å²) >= 11 is 5.48. The number of carbonyl (C=O) groups is 1. The monoisotopic (exact) mass is 299 g/mol. The Hall–Kier alpha value is -1.46. The molecule has 5 nitrogen and oxygen atoms in total.